The Hall–Kier alpha value is -8.20. The summed E-state index contributed by atoms with van der Waals surface area (Å²) in [6.45, 7) is 6.24. The molecule has 0 saturated heterocycles. The fourth-order valence-corrected chi connectivity index (χ4v) is 9.55. The molecule has 0 spiro atoms. The Morgan fingerprint density at radius 2 is 1.16 bits per heavy atom. The highest BCUT2D eigenvalue weighted by Crippen LogP contribution is 2.45. The van der Waals surface area contributed by atoms with Crippen LogP contribution in [0, 0.1) is 0 Å². The van der Waals surface area contributed by atoms with Crippen LogP contribution in [0.5, 0.6) is 0 Å². The highest BCUT2D eigenvalue weighted by Gasteiger charge is 2.21. The number of aromatic nitrogens is 1. The standard InChI is InChI=1S/C61H44N2/c1-3-18-46(39-42(2)43-19-6-4-7-20-43)44-33-36-50(37-34-44)62(59-41-48-22-11-12-27-52(48)55-29-14-15-30-56(55)59)51-26-16-23-47(40-51)53-31-17-32-58-60(53)57-38-35-45-21-10-13-28-54(45)61(57)63(58)49-24-8-5-9-25-49/h3-41H,1H2,2H3/b42-39+,46-18+. The Balaban J connectivity index is 1.12. The van der Waals surface area contributed by atoms with Gasteiger partial charge >= 0.3 is 0 Å². The number of anilines is 3. The van der Waals surface area contributed by atoms with Gasteiger partial charge in [-0.1, -0.05) is 195 Å². The summed E-state index contributed by atoms with van der Waals surface area (Å²) < 4.78 is 2.45. The number of fused-ring (bicyclic) bond motifs is 8. The molecule has 11 aromatic rings. The summed E-state index contributed by atoms with van der Waals surface area (Å²) in [7, 11) is 0. The zero-order chi connectivity index (χ0) is 42.3. The number of benzene rings is 10. The van der Waals surface area contributed by atoms with Crippen LogP contribution in [0.3, 0.4) is 0 Å². The Morgan fingerprint density at radius 3 is 1.94 bits per heavy atom. The Bertz CT molecular complexity index is 3570. The minimum Gasteiger partial charge on any atom is -0.310 e. The average molecular weight is 805 g/mol. The molecule has 0 atom stereocenters. The zero-order valence-corrected chi connectivity index (χ0v) is 35.1. The number of hydrogen-bond acceptors (Lipinski definition) is 1. The van der Waals surface area contributed by atoms with Gasteiger partial charge in [-0.15, -0.1) is 0 Å². The van der Waals surface area contributed by atoms with Gasteiger partial charge < -0.3 is 9.47 Å². The highest BCUT2D eigenvalue weighted by atomic mass is 15.1. The first-order valence-corrected chi connectivity index (χ1v) is 21.6. The lowest BCUT2D eigenvalue weighted by atomic mass is 9.96. The smallest absolute Gasteiger partial charge is 0.0619 e. The molecule has 0 amide bonds. The van der Waals surface area contributed by atoms with E-state index in [1.807, 2.05) is 6.08 Å². The van der Waals surface area contributed by atoms with Crippen LogP contribution in [0.4, 0.5) is 17.1 Å². The third kappa shape index (κ3) is 6.70. The third-order valence-corrected chi connectivity index (χ3v) is 12.5. The van der Waals surface area contributed by atoms with Crippen molar-refractivity contribution in [2.24, 2.45) is 0 Å². The lowest BCUT2D eigenvalue weighted by molar-refractivity contribution is 1.19. The Kier molecular flexibility index (Phi) is 9.60. The predicted molar refractivity (Wildman–Crippen MR) is 272 cm³/mol. The van der Waals surface area contributed by atoms with Crippen molar-refractivity contribution in [1.82, 2.24) is 4.57 Å². The van der Waals surface area contributed by atoms with E-state index in [2.05, 4.69) is 254 Å². The SMILES string of the molecule is C=C/C=C(\C=C(/C)c1ccccc1)c1ccc(N(c2cccc(-c3cccc4c3c3ccc5ccccc5c3n4-c3ccccc3)c2)c2cc3ccccc3c3ccccc23)cc1. The van der Waals surface area contributed by atoms with E-state index < -0.39 is 0 Å². The lowest BCUT2D eigenvalue weighted by Gasteiger charge is -2.28. The van der Waals surface area contributed by atoms with Crippen molar-refractivity contribution < 1.29 is 0 Å². The molecule has 0 aliphatic heterocycles. The van der Waals surface area contributed by atoms with E-state index in [1.165, 1.54) is 70.8 Å². The molecule has 11 rings (SSSR count). The summed E-state index contributed by atoms with van der Waals surface area (Å²) in [6.07, 6.45) is 6.22. The van der Waals surface area contributed by atoms with Gasteiger partial charge in [0.05, 0.1) is 16.7 Å². The van der Waals surface area contributed by atoms with Crippen molar-refractivity contribution in [1.29, 1.82) is 0 Å². The quantitative estimate of drug-likeness (QED) is 0.104. The monoisotopic (exact) mass is 804 g/mol. The van der Waals surface area contributed by atoms with Crippen molar-refractivity contribution >= 4 is 82.3 Å². The molecule has 298 valence electrons. The molecule has 2 heteroatoms. The first kappa shape index (κ1) is 37.8. The van der Waals surface area contributed by atoms with E-state index in [9.17, 15) is 0 Å². The highest BCUT2D eigenvalue weighted by molar-refractivity contribution is 6.22. The molecule has 0 fully saturated rings. The lowest BCUT2D eigenvalue weighted by Crippen LogP contribution is -2.11. The van der Waals surface area contributed by atoms with Gasteiger partial charge in [0, 0.05) is 38.6 Å². The maximum atomic E-state index is 4.07. The van der Waals surface area contributed by atoms with E-state index in [4.69, 9.17) is 0 Å². The second kappa shape index (κ2) is 16.0. The normalized spacial score (nSPS) is 12.1. The molecular weight excluding hydrogens is 761 g/mol. The van der Waals surface area contributed by atoms with Gasteiger partial charge in [-0.3, -0.25) is 0 Å². The molecule has 0 radical (unpaired) electrons. The summed E-state index contributed by atoms with van der Waals surface area (Å²) in [6, 6.07) is 79.4. The third-order valence-electron chi connectivity index (χ3n) is 12.5. The summed E-state index contributed by atoms with van der Waals surface area (Å²) in [5.41, 5.74) is 13.8. The molecule has 0 bridgehead atoms. The van der Waals surface area contributed by atoms with Crippen molar-refractivity contribution in [2.75, 3.05) is 4.90 Å². The molecule has 0 unspecified atom stereocenters. The first-order chi connectivity index (χ1) is 31.1. The average Bonchev–Trinajstić information content (AvgIpc) is 3.70. The van der Waals surface area contributed by atoms with Gasteiger partial charge in [0.15, 0.2) is 0 Å². The van der Waals surface area contributed by atoms with Gasteiger partial charge in [-0.05, 0) is 110 Å². The van der Waals surface area contributed by atoms with E-state index in [0.717, 1.165) is 39.4 Å². The molecule has 1 aromatic heterocycles. The van der Waals surface area contributed by atoms with Crippen LogP contribution in [0.25, 0.3) is 82.1 Å². The number of hydrogen-bond donors (Lipinski definition) is 0. The Labute approximate surface area is 368 Å². The maximum Gasteiger partial charge on any atom is 0.0619 e. The zero-order valence-electron chi connectivity index (χ0n) is 35.1. The fourth-order valence-electron chi connectivity index (χ4n) is 9.55. The van der Waals surface area contributed by atoms with Gasteiger partial charge in [0.2, 0.25) is 0 Å². The van der Waals surface area contributed by atoms with Crippen molar-refractivity contribution in [3.8, 4) is 16.8 Å². The minimum absolute atomic E-state index is 1.07. The van der Waals surface area contributed by atoms with Crippen LogP contribution < -0.4 is 4.90 Å². The summed E-state index contributed by atoms with van der Waals surface area (Å²) in [5, 5.41) is 9.82. The number of nitrogens with zero attached hydrogens (tertiary/aromatic N) is 2. The van der Waals surface area contributed by atoms with Crippen molar-refractivity contribution in [3.63, 3.8) is 0 Å². The molecule has 2 nitrogen and oxygen atoms in total. The summed E-state index contributed by atoms with van der Waals surface area (Å²) in [4.78, 5) is 2.44. The fraction of sp³-hybridized carbons (Fsp3) is 0.0164. The van der Waals surface area contributed by atoms with E-state index >= 15 is 0 Å². The van der Waals surface area contributed by atoms with Gasteiger partial charge in [0.1, 0.15) is 0 Å². The van der Waals surface area contributed by atoms with Gasteiger partial charge in [-0.2, -0.15) is 0 Å². The molecule has 0 saturated carbocycles. The van der Waals surface area contributed by atoms with E-state index in [1.54, 1.807) is 0 Å². The van der Waals surface area contributed by atoms with Crippen LogP contribution in [0.1, 0.15) is 18.1 Å². The van der Waals surface area contributed by atoms with Crippen molar-refractivity contribution in [2.45, 2.75) is 6.92 Å². The molecular formula is C61H44N2. The van der Waals surface area contributed by atoms with E-state index in [-0.39, 0.29) is 0 Å². The van der Waals surface area contributed by atoms with Crippen LogP contribution in [0.15, 0.2) is 243 Å². The molecule has 10 aromatic carbocycles. The van der Waals surface area contributed by atoms with Gasteiger partial charge in [-0.25, -0.2) is 0 Å². The van der Waals surface area contributed by atoms with Gasteiger partial charge in [0.25, 0.3) is 0 Å². The molecule has 63 heavy (non-hydrogen) atoms. The number of para-hydroxylation sites is 1. The second-order valence-corrected chi connectivity index (χ2v) is 16.2. The maximum absolute atomic E-state index is 4.07. The Morgan fingerprint density at radius 1 is 0.492 bits per heavy atom. The molecule has 0 aliphatic carbocycles. The summed E-state index contributed by atoms with van der Waals surface area (Å²) in [5.74, 6) is 0. The summed E-state index contributed by atoms with van der Waals surface area (Å²) >= 11 is 0. The van der Waals surface area contributed by atoms with Crippen LogP contribution in [0.2, 0.25) is 0 Å². The number of allylic oxidation sites excluding steroid dienone is 5. The molecule has 0 N–H and O–H groups in total. The van der Waals surface area contributed by atoms with Crippen LogP contribution >= 0.6 is 0 Å². The first-order valence-electron chi connectivity index (χ1n) is 21.6. The van der Waals surface area contributed by atoms with Crippen LogP contribution in [-0.4, -0.2) is 4.57 Å². The van der Waals surface area contributed by atoms with Crippen LogP contribution in [-0.2, 0) is 0 Å². The minimum atomic E-state index is 1.07. The molecule has 1 heterocycles. The van der Waals surface area contributed by atoms with Crippen molar-refractivity contribution in [3.05, 3.63) is 254 Å². The van der Waals surface area contributed by atoms with E-state index in [0.29, 0.717) is 0 Å². The largest absolute Gasteiger partial charge is 0.310 e. The second-order valence-electron chi connectivity index (χ2n) is 16.2. The number of rotatable bonds is 9. The topological polar surface area (TPSA) is 8.17 Å². The predicted octanol–water partition coefficient (Wildman–Crippen LogP) is 17.1. The molecule has 0 aliphatic rings.